The van der Waals surface area contributed by atoms with Crippen molar-refractivity contribution in [2.75, 3.05) is 13.1 Å². The van der Waals surface area contributed by atoms with E-state index in [1.807, 2.05) is 20.8 Å². The summed E-state index contributed by atoms with van der Waals surface area (Å²) in [7, 11) is 0. The van der Waals surface area contributed by atoms with Crippen LogP contribution < -0.4 is 21.3 Å². The van der Waals surface area contributed by atoms with Crippen LogP contribution in [0.15, 0.2) is 12.7 Å². The Labute approximate surface area is 255 Å². The van der Waals surface area contributed by atoms with Crippen molar-refractivity contribution in [2.45, 2.75) is 106 Å². The first-order valence-electron chi connectivity index (χ1n) is 15.0. The Kier molecular flexibility index (Phi) is 11.2. The van der Waals surface area contributed by atoms with Gasteiger partial charge in [0.15, 0.2) is 0 Å². The highest BCUT2D eigenvalue weighted by atomic mass is 16.4. The number of fused-ring (bicyclic) bond motifs is 1. The predicted molar refractivity (Wildman–Crippen MR) is 162 cm³/mol. The van der Waals surface area contributed by atoms with Gasteiger partial charge in [0.05, 0.1) is 6.04 Å². The maximum absolute atomic E-state index is 14.1. The van der Waals surface area contributed by atoms with Crippen LogP contribution in [0.3, 0.4) is 0 Å². The number of hydrogen-bond donors (Lipinski definition) is 5. The number of unbranched alkanes of at least 4 members (excludes halogenated alkanes) is 1. The Morgan fingerprint density at radius 3 is 2.02 bits per heavy atom. The number of carboxylic acid groups (broad SMARTS) is 1. The molecule has 12 nitrogen and oxygen atoms in total. The molecule has 1 heterocycles. The zero-order valence-electron chi connectivity index (χ0n) is 27.1. The van der Waals surface area contributed by atoms with Crippen molar-refractivity contribution in [2.24, 2.45) is 28.1 Å². The van der Waals surface area contributed by atoms with E-state index >= 15 is 0 Å². The Bertz CT molecular complexity index is 1120. The molecular formula is C31H51N5O7. The first kappa shape index (κ1) is 35.8. The summed E-state index contributed by atoms with van der Waals surface area (Å²) in [6.07, 6.45) is 3.07. The molecule has 242 valence electrons. The monoisotopic (exact) mass is 605 g/mol. The second-order valence-electron chi connectivity index (χ2n) is 14.5. The summed E-state index contributed by atoms with van der Waals surface area (Å²) >= 11 is 0. The zero-order valence-corrected chi connectivity index (χ0v) is 27.1. The SMILES string of the molecule is C=CCNC(=O)C(=O)C(CCCC)NC(=O)[C@@H]1C2[C@H](CN1C(=O)[C@@H](NC(=O)NC(C(=O)O)C(C)(C)C)C(C)(C)C)C2(C)C. The Balaban J connectivity index is 2.34. The molecule has 0 aromatic rings. The normalized spacial score (nSPS) is 22.7. The van der Waals surface area contributed by atoms with Crippen LogP contribution in [-0.2, 0) is 24.0 Å². The van der Waals surface area contributed by atoms with Gasteiger partial charge in [0.2, 0.25) is 17.6 Å². The van der Waals surface area contributed by atoms with Crippen LogP contribution in [0.2, 0.25) is 0 Å². The van der Waals surface area contributed by atoms with Crippen LogP contribution in [0, 0.1) is 28.1 Å². The molecule has 2 aliphatic rings. The summed E-state index contributed by atoms with van der Waals surface area (Å²) in [6.45, 7) is 20.3. The molecule has 5 amide bonds. The van der Waals surface area contributed by atoms with Crippen LogP contribution in [0.25, 0.3) is 0 Å². The molecule has 1 aliphatic heterocycles. The Hall–Kier alpha value is -3.44. The van der Waals surface area contributed by atoms with Gasteiger partial charge in [-0.25, -0.2) is 9.59 Å². The molecule has 2 rings (SSSR count). The largest absolute Gasteiger partial charge is 0.480 e. The lowest BCUT2D eigenvalue weighted by molar-refractivity contribution is -0.145. The van der Waals surface area contributed by atoms with E-state index in [1.54, 1.807) is 41.5 Å². The highest BCUT2D eigenvalue weighted by Crippen LogP contribution is 2.65. The average Bonchev–Trinajstić information content (AvgIpc) is 3.21. The Morgan fingerprint density at radius 1 is 0.977 bits per heavy atom. The fraction of sp³-hybridized carbons (Fsp3) is 0.742. The van der Waals surface area contributed by atoms with Crippen molar-refractivity contribution >= 4 is 35.5 Å². The van der Waals surface area contributed by atoms with E-state index in [9.17, 15) is 33.9 Å². The van der Waals surface area contributed by atoms with Gasteiger partial charge in [0, 0.05) is 13.1 Å². The maximum Gasteiger partial charge on any atom is 0.326 e. The molecule has 1 aliphatic carbocycles. The number of likely N-dealkylation sites (tertiary alicyclic amines) is 1. The van der Waals surface area contributed by atoms with Gasteiger partial charge in [-0.3, -0.25) is 19.2 Å². The molecule has 6 atom stereocenters. The smallest absolute Gasteiger partial charge is 0.326 e. The van der Waals surface area contributed by atoms with E-state index in [2.05, 4.69) is 27.8 Å². The number of urea groups is 1. The van der Waals surface area contributed by atoms with Crippen LogP contribution >= 0.6 is 0 Å². The fourth-order valence-electron chi connectivity index (χ4n) is 5.92. The van der Waals surface area contributed by atoms with E-state index in [1.165, 1.54) is 11.0 Å². The molecule has 43 heavy (non-hydrogen) atoms. The van der Waals surface area contributed by atoms with E-state index in [4.69, 9.17) is 0 Å². The van der Waals surface area contributed by atoms with Gasteiger partial charge in [-0.15, -0.1) is 6.58 Å². The van der Waals surface area contributed by atoms with E-state index in [0.29, 0.717) is 6.42 Å². The molecular weight excluding hydrogens is 554 g/mol. The van der Waals surface area contributed by atoms with Crippen LogP contribution in [-0.4, -0.2) is 82.8 Å². The topological polar surface area (TPSA) is 174 Å². The summed E-state index contributed by atoms with van der Waals surface area (Å²) < 4.78 is 0. The number of hydrogen-bond acceptors (Lipinski definition) is 6. The number of carbonyl (C=O) groups excluding carboxylic acids is 5. The summed E-state index contributed by atoms with van der Waals surface area (Å²) in [4.78, 5) is 79.6. The lowest BCUT2D eigenvalue weighted by Crippen LogP contribution is -2.62. The van der Waals surface area contributed by atoms with Gasteiger partial charge < -0.3 is 31.3 Å². The van der Waals surface area contributed by atoms with Crippen molar-refractivity contribution < 1.29 is 33.9 Å². The molecule has 12 heteroatoms. The van der Waals surface area contributed by atoms with Gasteiger partial charge >= 0.3 is 12.0 Å². The molecule has 0 aromatic carbocycles. The third kappa shape index (κ3) is 8.35. The van der Waals surface area contributed by atoms with Gasteiger partial charge in [0.25, 0.3) is 5.91 Å². The second-order valence-corrected chi connectivity index (χ2v) is 14.5. The lowest BCUT2D eigenvalue weighted by Gasteiger charge is -2.38. The Morgan fingerprint density at radius 2 is 1.53 bits per heavy atom. The first-order valence-corrected chi connectivity index (χ1v) is 15.0. The average molecular weight is 606 g/mol. The fourth-order valence-corrected chi connectivity index (χ4v) is 5.92. The number of nitrogens with zero attached hydrogens (tertiary/aromatic N) is 1. The van der Waals surface area contributed by atoms with E-state index in [0.717, 1.165) is 6.42 Å². The molecule has 0 bridgehead atoms. The van der Waals surface area contributed by atoms with Crippen molar-refractivity contribution in [3.8, 4) is 0 Å². The van der Waals surface area contributed by atoms with Crippen LogP contribution in [0.1, 0.15) is 81.6 Å². The van der Waals surface area contributed by atoms with Gasteiger partial charge in [-0.05, 0) is 34.5 Å². The van der Waals surface area contributed by atoms with Gasteiger partial charge in [0.1, 0.15) is 18.1 Å². The van der Waals surface area contributed by atoms with Crippen molar-refractivity contribution in [1.82, 2.24) is 26.2 Å². The first-order chi connectivity index (χ1) is 19.7. The second kappa shape index (κ2) is 13.5. The molecule has 3 unspecified atom stereocenters. The standard InChI is InChI=1S/C31H51N5O7/c1-11-13-14-18(21(37)25(39)32-15-12-2)33-24(38)20-19-17(31(19,9)10)16-36(20)26(40)22(29(3,4)5)34-28(43)35-23(27(41)42)30(6,7)8/h12,17-20,22-23H,2,11,13-16H2,1,3-10H3,(H,32,39)(H,33,38)(H,41,42)(H2,34,35,43)/t17-,18?,19?,20-,22+,23?/m0/s1. The summed E-state index contributed by atoms with van der Waals surface area (Å²) in [5.74, 6) is -3.90. The molecule has 0 spiro atoms. The highest BCUT2D eigenvalue weighted by molar-refractivity contribution is 6.38. The van der Waals surface area contributed by atoms with Crippen molar-refractivity contribution in [3.63, 3.8) is 0 Å². The van der Waals surface area contributed by atoms with E-state index in [-0.39, 0.29) is 36.8 Å². The molecule has 5 N–H and O–H groups in total. The molecule has 1 saturated heterocycles. The van der Waals surface area contributed by atoms with Crippen molar-refractivity contribution in [1.29, 1.82) is 0 Å². The minimum Gasteiger partial charge on any atom is -0.480 e. The number of aliphatic carboxylic acids is 1. The van der Waals surface area contributed by atoms with Crippen LogP contribution in [0.4, 0.5) is 4.79 Å². The minimum absolute atomic E-state index is 0.0413. The molecule has 0 aromatic heterocycles. The number of Topliss-reactive ketones (excluding diaryl/α,β-unsaturated/α-hetero) is 1. The number of rotatable bonds is 13. The molecule has 0 radical (unpaired) electrons. The summed E-state index contributed by atoms with van der Waals surface area (Å²) in [5.41, 5.74) is -1.79. The maximum atomic E-state index is 14.1. The van der Waals surface area contributed by atoms with Gasteiger partial charge in [-0.2, -0.15) is 0 Å². The number of carbonyl (C=O) groups is 6. The zero-order chi connectivity index (χ0) is 33.1. The third-order valence-corrected chi connectivity index (χ3v) is 8.65. The number of nitrogens with one attached hydrogen (secondary N) is 4. The van der Waals surface area contributed by atoms with Crippen molar-refractivity contribution in [3.05, 3.63) is 12.7 Å². The molecule has 1 saturated carbocycles. The lowest BCUT2D eigenvalue weighted by atomic mass is 9.85. The highest BCUT2D eigenvalue weighted by Gasteiger charge is 2.70. The minimum atomic E-state index is -1.21. The molecule has 2 fully saturated rings. The quantitative estimate of drug-likeness (QED) is 0.158. The van der Waals surface area contributed by atoms with Gasteiger partial charge in [-0.1, -0.05) is 81.2 Å². The van der Waals surface area contributed by atoms with Crippen LogP contribution in [0.5, 0.6) is 0 Å². The van der Waals surface area contributed by atoms with E-state index < -0.39 is 70.5 Å². The number of amides is 5. The third-order valence-electron chi connectivity index (χ3n) is 8.65. The summed E-state index contributed by atoms with van der Waals surface area (Å²) in [6, 6.07) is -5.06. The number of piperidine rings is 1. The number of ketones is 1. The predicted octanol–water partition coefficient (Wildman–Crippen LogP) is 2.23. The summed E-state index contributed by atoms with van der Waals surface area (Å²) in [5, 5.41) is 20.0. The number of carboxylic acids is 1.